The fraction of sp³-hybridized carbons (Fsp3) is 0.261. The highest BCUT2D eigenvalue weighted by Gasteiger charge is 2.43. The number of anilines is 1. The number of nitrogens with one attached hydrogen (secondary N) is 3. The van der Waals surface area contributed by atoms with Gasteiger partial charge >= 0.3 is 12.1 Å². The molecule has 1 fully saturated rings. The van der Waals surface area contributed by atoms with Gasteiger partial charge in [0.15, 0.2) is 0 Å². The van der Waals surface area contributed by atoms with E-state index in [9.17, 15) is 14.4 Å². The van der Waals surface area contributed by atoms with Gasteiger partial charge in [-0.3, -0.25) is 20.0 Å². The van der Waals surface area contributed by atoms with E-state index >= 15 is 0 Å². The number of H-pyrrole nitrogens is 1. The summed E-state index contributed by atoms with van der Waals surface area (Å²) < 4.78 is 5.43. The maximum absolute atomic E-state index is 12.3. The molecule has 0 bridgehead atoms. The highest BCUT2D eigenvalue weighted by atomic mass is 16.5. The molecular formula is C23H21N5O5. The third-order valence-corrected chi connectivity index (χ3v) is 6.02. The summed E-state index contributed by atoms with van der Waals surface area (Å²) >= 11 is 0. The van der Waals surface area contributed by atoms with E-state index in [1.54, 1.807) is 0 Å². The molecule has 168 valence electrons. The summed E-state index contributed by atoms with van der Waals surface area (Å²) in [6.45, 7) is 0.384. The van der Waals surface area contributed by atoms with E-state index in [4.69, 9.17) is 9.84 Å². The number of amides is 2. The lowest BCUT2D eigenvalue weighted by Crippen LogP contribution is -2.27. The molecule has 0 saturated heterocycles. The molecule has 3 aromatic rings. The molecule has 10 nitrogen and oxygen atoms in total. The Labute approximate surface area is 188 Å². The van der Waals surface area contributed by atoms with Crippen molar-refractivity contribution < 1.29 is 24.2 Å². The van der Waals surface area contributed by atoms with E-state index in [2.05, 4.69) is 37.9 Å². The predicted octanol–water partition coefficient (Wildman–Crippen LogP) is 2.62. The standard InChI is InChI=1S/C23H21N5O5/c29-20(24-10-12-9-17(12)21(30)31)19-25-22(28-27-19)26-23(32)33-11-18-15-7-3-1-5-13(15)14-6-2-4-8-16(14)18/h1-8,12,17-18H,9-11H2,(H,24,29)(H,30,31)(H2,25,26,27,28,32)/t12-,17-/m0/s1. The van der Waals surface area contributed by atoms with Crippen LogP contribution in [0, 0.1) is 11.8 Å². The molecule has 2 aliphatic rings. The van der Waals surface area contributed by atoms with Gasteiger partial charge in [-0.25, -0.2) is 4.79 Å². The summed E-state index contributed by atoms with van der Waals surface area (Å²) in [5.74, 6) is -2.13. The van der Waals surface area contributed by atoms with Crippen LogP contribution in [0.4, 0.5) is 10.7 Å². The van der Waals surface area contributed by atoms with Gasteiger partial charge in [-0.15, -0.1) is 5.10 Å². The minimum atomic E-state index is -0.858. The Balaban J connectivity index is 1.15. The number of carbonyl (C=O) groups is 3. The molecule has 2 amide bonds. The van der Waals surface area contributed by atoms with E-state index in [0.29, 0.717) is 6.42 Å². The van der Waals surface area contributed by atoms with Crippen molar-refractivity contribution in [2.45, 2.75) is 12.3 Å². The number of hydrogen-bond donors (Lipinski definition) is 4. The molecule has 33 heavy (non-hydrogen) atoms. The van der Waals surface area contributed by atoms with Crippen LogP contribution < -0.4 is 10.6 Å². The van der Waals surface area contributed by atoms with Crippen molar-refractivity contribution in [1.29, 1.82) is 0 Å². The molecule has 2 aliphatic carbocycles. The number of hydrogen-bond acceptors (Lipinski definition) is 6. The van der Waals surface area contributed by atoms with Gasteiger partial charge in [-0.2, -0.15) is 4.98 Å². The summed E-state index contributed by atoms with van der Waals surface area (Å²) in [7, 11) is 0. The second-order valence-corrected chi connectivity index (χ2v) is 8.11. The second kappa shape index (κ2) is 8.38. The number of nitrogens with zero attached hydrogens (tertiary/aromatic N) is 2. The minimum absolute atomic E-state index is 0.0753. The molecule has 5 rings (SSSR count). The molecule has 2 atom stereocenters. The van der Waals surface area contributed by atoms with E-state index in [0.717, 1.165) is 22.3 Å². The summed E-state index contributed by atoms with van der Waals surface area (Å²) in [6, 6.07) is 16.1. The number of ether oxygens (including phenoxy) is 1. The Hall–Kier alpha value is -4.21. The molecule has 1 heterocycles. The third-order valence-electron chi connectivity index (χ3n) is 6.02. The topological polar surface area (TPSA) is 146 Å². The van der Waals surface area contributed by atoms with Crippen LogP contribution in [0.2, 0.25) is 0 Å². The largest absolute Gasteiger partial charge is 0.481 e. The molecule has 0 aliphatic heterocycles. The zero-order chi connectivity index (χ0) is 22.9. The molecule has 1 aromatic heterocycles. The normalized spacial score (nSPS) is 18.2. The first-order chi connectivity index (χ1) is 16.0. The van der Waals surface area contributed by atoms with Crippen LogP contribution in [0.25, 0.3) is 11.1 Å². The minimum Gasteiger partial charge on any atom is -0.481 e. The molecule has 0 unspecified atom stereocenters. The van der Waals surface area contributed by atoms with Gasteiger partial charge in [0, 0.05) is 12.5 Å². The van der Waals surface area contributed by atoms with Crippen LogP contribution >= 0.6 is 0 Å². The van der Waals surface area contributed by atoms with Gasteiger partial charge in [0.2, 0.25) is 5.82 Å². The van der Waals surface area contributed by atoms with Crippen molar-refractivity contribution in [3.8, 4) is 11.1 Å². The SMILES string of the molecule is O=C(Nc1n[nH]c(C(=O)NC[C@@H]2C[C@@H]2C(=O)O)n1)OCC1c2ccccc2-c2ccccc21. The Morgan fingerprint density at radius 3 is 2.36 bits per heavy atom. The smallest absolute Gasteiger partial charge is 0.414 e. The first-order valence-electron chi connectivity index (χ1n) is 10.6. The first-order valence-corrected chi connectivity index (χ1v) is 10.6. The van der Waals surface area contributed by atoms with Gasteiger partial charge < -0.3 is 15.2 Å². The molecule has 2 aromatic carbocycles. The Bertz CT molecular complexity index is 1190. The average Bonchev–Trinajstić information content (AvgIpc) is 3.35. The lowest BCUT2D eigenvalue weighted by Gasteiger charge is -2.13. The van der Waals surface area contributed by atoms with Crippen molar-refractivity contribution >= 4 is 23.9 Å². The Morgan fingerprint density at radius 2 is 1.73 bits per heavy atom. The highest BCUT2D eigenvalue weighted by molar-refractivity contribution is 5.91. The van der Waals surface area contributed by atoms with E-state index in [1.807, 2.05) is 36.4 Å². The molecule has 4 N–H and O–H groups in total. The van der Waals surface area contributed by atoms with Gasteiger partial charge in [0.25, 0.3) is 11.9 Å². The second-order valence-electron chi connectivity index (χ2n) is 8.11. The van der Waals surface area contributed by atoms with Crippen molar-refractivity contribution in [3.63, 3.8) is 0 Å². The Kier molecular flexibility index (Phi) is 5.25. The number of rotatable bonds is 7. The molecular weight excluding hydrogens is 426 g/mol. The number of carboxylic acid groups (broad SMARTS) is 1. The predicted molar refractivity (Wildman–Crippen MR) is 117 cm³/mol. The van der Waals surface area contributed by atoms with Crippen LogP contribution in [0.1, 0.15) is 34.1 Å². The molecule has 0 spiro atoms. The van der Waals surface area contributed by atoms with Gasteiger partial charge in [0.05, 0.1) is 5.92 Å². The quantitative estimate of drug-likeness (QED) is 0.435. The van der Waals surface area contributed by atoms with Crippen LogP contribution in [0.3, 0.4) is 0 Å². The lowest BCUT2D eigenvalue weighted by molar-refractivity contribution is -0.138. The maximum atomic E-state index is 12.3. The summed E-state index contributed by atoms with van der Waals surface area (Å²) in [5.41, 5.74) is 4.47. The number of aliphatic carboxylic acids is 1. The summed E-state index contributed by atoms with van der Waals surface area (Å²) in [5, 5.41) is 20.2. The zero-order valence-corrected chi connectivity index (χ0v) is 17.4. The third kappa shape index (κ3) is 4.14. The molecule has 10 heteroatoms. The monoisotopic (exact) mass is 447 g/mol. The maximum Gasteiger partial charge on any atom is 0.414 e. The van der Waals surface area contributed by atoms with Crippen LogP contribution in [-0.2, 0) is 9.53 Å². The van der Waals surface area contributed by atoms with Gasteiger partial charge in [-0.05, 0) is 34.6 Å². The number of carbonyl (C=O) groups excluding carboxylic acids is 2. The lowest BCUT2D eigenvalue weighted by atomic mass is 9.98. The Morgan fingerprint density at radius 1 is 1.06 bits per heavy atom. The van der Waals surface area contributed by atoms with E-state index in [1.165, 1.54) is 0 Å². The van der Waals surface area contributed by atoms with Crippen molar-refractivity contribution in [2.24, 2.45) is 11.8 Å². The highest BCUT2D eigenvalue weighted by Crippen LogP contribution is 2.44. The number of carboxylic acids is 1. The van der Waals surface area contributed by atoms with E-state index in [-0.39, 0.29) is 36.8 Å². The first kappa shape index (κ1) is 20.7. The number of fused-ring (bicyclic) bond motifs is 3. The summed E-state index contributed by atoms with van der Waals surface area (Å²) in [4.78, 5) is 39.3. The summed E-state index contributed by atoms with van der Waals surface area (Å²) in [6.07, 6.45) is -0.189. The fourth-order valence-corrected chi connectivity index (χ4v) is 4.23. The van der Waals surface area contributed by atoms with Gasteiger partial charge in [-0.1, -0.05) is 48.5 Å². The molecule has 0 radical (unpaired) electrons. The van der Waals surface area contributed by atoms with Crippen LogP contribution in [0.5, 0.6) is 0 Å². The molecule has 1 saturated carbocycles. The van der Waals surface area contributed by atoms with Crippen molar-refractivity contribution in [3.05, 3.63) is 65.5 Å². The van der Waals surface area contributed by atoms with Crippen molar-refractivity contribution in [2.75, 3.05) is 18.5 Å². The van der Waals surface area contributed by atoms with Crippen molar-refractivity contribution in [1.82, 2.24) is 20.5 Å². The fourth-order valence-electron chi connectivity index (χ4n) is 4.23. The van der Waals surface area contributed by atoms with Crippen LogP contribution in [-0.4, -0.2) is 51.4 Å². The van der Waals surface area contributed by atoms with Crippen LogP contribution in [0.15, 0.2) is 48.5 Å². The zero-order valence-electron chi connectivity index (χ0n) is 17.4. The van der Waals surface area contributed by atoms with E-state index < -0.39 is 23.9 Å². The number of benzene rings is 2. The number of aromatic amines is 1. The average molecular weight is 447 g/mol. The van der Waals surface area contributed by atoms with Gasteiger partial charge in [0.1, 0.15) is 6.61 Å². The number of aromatic nitrogens is 3.